The summed E-state index contributed by atoms with van der Waals surface area (Å²) in [6, 6.07) is 0. The Morgan fingerprint density at radius 1 is 1.50 bits per heavy atom. The van der Waals surface area contributed by atoms with Crippen LogP contribution in [0.25, 0.3) is 0 Å². The van der Waals surface area contributed by atoms with E-state index in [9.17, 15) is 0 Å². The predicted octanol–water partition coefficient (Wildman–Crippen LogP) is -0.149. The smallest absolute Gasteiger partial charge is 0.160 e. The molecule has 0 radical (unpaired) electrons. The number of hydrogen-bond donors (Lipinski definition) is 2. The molecule has 3 N–H and O–H groups in total. The SMILES string of the molecule is Nc1ncnc2c1C(CO)C=N2. The molecule has 2 heterocycles. The molecule has 1 aliphatic heterocycles. The van der Waals surface area contributed by atoms with Crippen molar-refractivity contribution in [1.82, 2.24) is 9.97 Å². The van der Waals surface area contributed by atoms with Gasteiger partial charge in [-0.1, -0.05) is 0 Å². The molecule has 12 heavy (non-hydrogen) atoms. The van der Waals surface area contributed by atoms with Crippen molar-refractivity contribution in [3.05, 3.63) is 11.9 Å². The first-order valence-electron chi connectivity index (χ1n) is 3.58. The molecule has 0 saturated carbocycles. The maximum absolute atomic E-state index is 8.93. The third-order valence-corrected chi connectivity index (χ3v) is 1.84. The third kappa shape index (κ3) is 0.868. The molecule has 0 aliphatic carbocycles. The number of aliphatic hydroxyl groups is 1. The van der Waals surface area contributed by atoms with E-state index in [-0.39, 0.29) is 12.5 Å². The van der Waals surface area contributed by atoms with E-state index in [2.05, 4.69) is 15.0 Å². The van der Waals surface area contributed by atoms with Gasteiger partial charge in [-0.3, -0.25) is 0 Å². The topological polar surface area (TPSA) is 84.4 Å². The lowest BCUT2D eigenvalue weighted by Gasteiger charge is -2.05. The number of anilines is 1. The zero-order chi connectivity index (χ0) is 8.55. The highest BCUT2D eigenvalue weighted by Gasteiger charge is 2.22. The first kappa shape index (κ1) is 7.17. The first-order valence-corrected chi connectivity index (χ1v) is 3.58. The number of nitrogens with two attached hydrogens (primary N) is 1. The standard InChI is InChI=1S/C7H8N4O/c8-6-5-4(2-12)1-9-7(5)11-3-10-6/h1,3-4,12H,2H2,(H2,8,10,11). The van der Waals surface area contributed by atoms with Crippen molar-refractivity contribution < 1.29 is 5.11 Å². The zero-order valence-electron chi connectivity index (χ0n) is 6.31. The third-order valence-electron chi connectivity index (χ3n) is 1.84. The van der Waals surface area contributed by atoms with Gasteiger partial charge in [0.1, 0.15) is 12.1 Å². The first-order chi connectivity index (χ1) is 5.83. The Balaban J connectivity index is 2.54. The number of aromatic nitrogens is 2. The Labute approximate surface area is 69.0 Å². The molecule has 0 bridgehead atoms. The van der Waals surface area contributed by atoms with E-state index in [1.165, 1.54) is 6.33 Å². The summed E-state index contributed by atoms with van der Waals surface area (Å²) in [4.78, 5) is 11.7. The lowest BCUT2D eigenvalue weighted by molar-refractivity contribution is 0.292. The molecule has 0 aromatic carbocycles. The van der Waals surface area contributed by atoms with Gasteiger partial charge in [0.2, 0.25) is 0 Å². The molecular weight excluding hydrogens is 156 g/mol. The summed E-state index contributed by atoms with van der Waals surface area (Å²) >= 11 is 0. The summed E-state index contributed by atoms with van der Waals surface area (Å²) in [6.07, 6.45) is 3.00. The highest BCUT2D eigenvalue weighted by Crippen LogP contribution is 2.32. The fourth-order valence-corrected chi connectivity index (χ4v) is 1.23. The van der Waals surface area contributed by atoms with E-state index < -0.39 is 0 Å². The number of aliphatic imine (C=N–C) groups is 1. The number of fused-ring (bicyclic) bond motifs is 1. The van der Waals surface area contributed by atoms with Crippen LogP contribution in [0.4, 0.5) is 11.6 Å². The Bertz CT molecular complexity index is 336. The van der Waals surface area contributed by atoms with Crippen molar-refractivity contribution in [2.45, 2.75) is 5.92 Å². The minimum Gasteiger partial charge on any atom is -0.395 e. The Hall–Kier alpha value is -1.49. The molecule has 1 aromatic heterocycles. The van der Waals surface area contributed by atoms with Gasteiger partial charge in [-0.25, -0.2) is 15.0 Å². The van der Waals surface area contributed by atoms with Gasteiger partial charge in [0.05, 0.1) is 6.61 Å². The van der Waals surface area contributed by atoms with Crippen LogP contribution in [0.15, 0.2) is 11.3 Å². The Morgan fingerprint density at radius 2 is 2.33 bits per heavy atom. The van der Waals surface area contributed by atoms with Crippen LogP contribution in [0.2, 0.25) is 0 Å². The summed E-state index contributed by atoms with van der Waals surface area (Å²) in [5, 5.41) is 8.93. The van der Waals surface area contributed by atoms with E-state index >= 15 is 0 Å². The van der Waals surface area contributed by atoms with Crippen LogP contribution in [-0.4, -0.2) is 27.9 Å². The highest BCUT2D eigenvalue weighted by atomic mass is 16.3. The minimum atomic E-state index is -0.138. The molecule has 1 aliphatic rings. The second-order valence-corrected chi connectivity index (χ2v) is 2.56. The fourth-order valence-electron chi connectivity index (χ4n) is 1.23. The van der Waals surface area contributed by atoms with E-state index in [0.29, 0.717) is 11.6 Å². The molecule has 1 aromatic rings. The van der Waals surface area contributed by atoms with Crippen LogP contribution in [0.1, 0.15) is 11.5 Å². The lowest BCUT2D eigenvalue weighted by Crippen LogP contribution is -2.06. The number of hydrogen-bond acceptors (Lipinski definition) is 5. The number of nitrogen functional groups attached to an aromatic ring is 1. The summed E-state index contributed by atoms with van der Waals surface area (Å²) < 4.78 is 0. The summed E-state index contributed by atoms with van der Waals surface area (Å²) in [6.45, 7) is -0.00588. The molecule has 0 saturated heterocycles. The lowest BCUT2D eigenvalue weighted by atomic mass is 10.1. The van der Waals surface area contributed by atoms with Crippen molar-refractivity contribution in [3.8, 4) is 0 Å². The van der Waals surface area contributed by atoms with Crippen molar-refractivity contribution in [2.24, 2.45) is 4.99 Å². The normalized spacial score (nSPS) is 19.6. The van der Waals surface area contributed by atoms with Gasteiger partial charge in [-0.2, -0.15) is 0 Å². The van der Waals surface area contributed by atoms with Gasteiger partial charge in [-0.05, 0) is 0 Å². The van der Waals surface area contributed by atoms with Crippen molar-refractivity contribution in [3.63, 3.8) is 0 Å². The quantitative estimate of drug-likeness (QED) is 0.604. The monoisotopic (exact) mass is 164 g/mol. The number of aliphatic hydroxyl groups excluding tert-OH is 1. The van der Waals surface area contributed by atoms with E-state index in [4.69, 9.17) is 10.8 Å². The summed E-state index contributed by atoms with van der Waals surface area (Å²) in [5.41, 5.74) is 6.33. The van der Waals surface area contributed by atoms with Gasteiger partial charge in [0, 0.05) is 17.7 Å². The van der Waals surface area contributed by atoms with Gasteiger partial charge in [0.15, 0.2) is 5.82 Å². The van der Waals surface area contributed by atoms with Gasteiger partial charge in [-0.15, -0.1) is 0 Å². The number of rotatable bonds is 1. The molecule has 0 spiro atoms. The fraction of sp³-hybridized carbons (Fsp3) is 0.286. The molecule has 1 atom stereocenters. The maximum atomic E-state index is 8.93. The molecule has 1 unspecified atom stereocenters. The molecule has 5 nitrogen and oxygen atoms in total. The maximum Gasteiger partial charge on any atom is 0.160 e. The molecule has 0 amide bonds. The summed E-state index contributed by atoms with van der Waals surface area (Å²) in [7, 11) is 0. The number of nitrogens with zero attached hydrogens (tertiary/aromatic N) is 3. The Kier molecular flexibility index (Phi) is 1.51. The van der Waals surface area contributed by atoms with Crippen LogP contribution in [0.5, 0.6) is 0 Å². The van der Waals surface area contributed by atoms with Crippen LogP contribution in [0.3, 0.4) is 0 Å². The van der Waals surface area contributed by atoms with Crippen LogP contribution in [0, 0.1) is 0 Å². The van der Waals surface area contributed by atoms with Crippen molar-refractivity contribution in [2.75, 3.05) is 12.3 Å². The second-order valence-electron chi connectivity index (χ2n) is 2.56. The van der Waals surface area contributed by atoms with Crippen LogP contribution in [-0.2, 0) is 0 Å². The average molecular weight is 164 g/mol. The molecule has 62 valence electrons. The minimum absolute atomic E-state index is 0.00588. The predicted molar refractivity (Wildman–Crippen MR) is 44.4 cm³/mol. The van der Waals surface area contributed by atoms with Crippen LogP contribution < -0.4 is 5.73 Å². The van der Waals surface area contributed by atoms with Gasteiger partial charge in [0.25, 0.3) is 0 Å². The van der Waals surface area contributed by atoms with E-state index in [0.717, 1.165) is 5.56 Å². The van der Waals surface area contributed by atoms with E-state index in [1.54, 1.807) is 6.21 Å². The Morgan fingerprint density at radius 3 is 3.08 bits per heavy atom. The second kappa shape index (κ2) is 2.53. The van der Waals surface area contributed by atoms with E-state index in [1.807, 2.05) is 0 Å². The largest absolute Gasteiger partial charge is 0.395 e. The van der Waals surface area contributed by atoms with Crippen LogP contribution >= 0.6 is 0 Å². The molecule has 5 heteroatoms. The van der Waals surface area contributed by atoms with Crippen molar-refractivity contribution >= 4 is 17.9 Å². The summed E-state index contributed by atoms with van der Waals surface area (Å²) in [5.74, 6) is 0.833. The van der Waals surface area contributed by atoms with Crippen molar-refractivity contribution in [1.29, 1.82) is 0 Å². The van der Waals surface area contributed by atoms with Gasteiger partial charge >= 0.3 is 0 Å². The molecule has 2 rings (SSSR count). The van der Waals surface area contributed by atoms with Gasteiger partial charge < -0.3 is 10.8 Å². The molecule has 0 fully saturated rings. The average Bonchev–Trinajstić information content (AvgIpc) is 2.49. The molecular formula is C7H8N4O. The zero-order valence-corrected chi connectivity index (χ0v) is 6.31. The highest BCUT2D eigenvalue weighted by molar-refractivity contribution is 5.82.